The van der Waals surface area contributed by atoms with Crippen LogP contribution in [0.5, 0.6) is 0 Å². The molecule has 5 nitrogen and oxygen atoms in total. The fourth-order valence-electron chi connectivity index (χ4n) is 4.04. The predicted octanol–water partition coefficient (Wildman–Crippen LogP) is 4.37. The Morgan fingerprint density at radius 1 is 1.26 bits per heavy atom. The molecule has 0 saturated carbocycles. The molecule has 0 unspecified atom stereocenters. The third kappa shape index (κ3) is 3.81. The number of rotatable bonds is 5. The van der Waals surface area contributed by atoms with E-state index in [0.29, 0.717) is 12.0 Å². The molecule has 1 aromatic carbocycles. The van der Waals surface area contributed by atoms with E-state index < -0.39 is 0 Å². The summed E-state index contributed by atoms with van der Waals surface area (Å²) in [5, 5.41) is 7.49. The van der Waals surface area contributed by atoms with Crippen LogP contribution in [0.2, 0.25) is 0 Å². The van der Waals surface area contributed by atoms with Crippen molar-refractivity contribution in [2.45, 2.75) is 45.2 Å². The van der Waals surface area contributed by atoms with Crippen molar-refractivity contribution in [1.29, 1.82) is 0 Å². The molecule has 1 fully saturated rings. The molecule has 0 amide bonds. The summed E-state index contributed by atoms with van der Waals surface area (Å²) in [6.45, 7) is 7.29. The molecule has 0 aliphatic carbocycles. The number of piperidine rings is 1. The van der Waals surface area contributed by atoms with Crippen LogP contribution in [0.3, 0.4) is 0 Å². The Balaban J connectivity index is 1.51. The molecule has 1 aliphatic rings. The van der Waals surface area contributed by atoms with E-state index >= 15 is 0 Å². The van der Waals surface area contributed by atoms with E-state index in [9.17, 15) is 4.39 Å². The Bertz CT molecular complexity index is 880. The molecule has 1 atom stereocenters. The van der Waals surface area contributed by atoms with Crippen molar-refractivity contribution in [3.8, 4) is 11.1 Å². The van der Waals surface area contributed by atoms with Gasteiger partial charge in [-0.2, -0.15) is 5.10 Å². The van der Waals surface area contributed by atoms with Gasteiger partial charge >= 0.3 is 0 Å². The minimum absolute atomic E-state index is 0.215. The molecule has 1 saturated heterocycles. The first kappa shape index (κ1) is 17.9. The lowest BCUT2D eigenvalue weighted by molar-refractivity contribution is 0.191. The standard InChI is InChI=1S/C21H26FN5/c1-15(2)27-11-9-23-20(27)14-26-10-3-4-17(13-26)21-19(12-24-25-21)16-5-7-18(22)8-6-16/h5-9,11-12,15,17H,3-4,10,13-14H2,1-2H3,(H,24,25)/t17-/m1/s1. The van der Waals surface area contributed by atoms with E-state index in [-0.39, 0.29) is 5.82 Å². The summed E-state index contributed by atoms with van der Waals surface area (Å²) in [6.07, 6.45) is 8.08. The van der Waals surface area contributed by atoms with Gasteiger partial charge in [-0.25, -0.2) is 9.37 Å². The smallest absolute Gasteiger partial charge is 0.123 e. The number of nitrogens with one attached hydrogen (secondary N) is 1. The molecule has 3 heterocycles. The van der Waals surface area contributed by atoms with Gasteiger partial charge < -0.3 is 4.57 Å². The van der Waals surface area contributed by atoms with E-state index in [0.717, 1.165) is 55.1 Å². The summed E-state index contributed by atoms with van der Waals surface area (Å²) >= 11 is 0. The molecule has 0 bridgehead atoms. The Hall–Kier alpha value is -2.47. The summed E-state index contributed by atoms with van der Waals surface area (Å²) in [5.74, 6) is 1.30. The minimum atomic E-state index is -0.215. The quantitative estimate of drug-likeness (QED) is 0.728. The van der Waals surface area contributed by atoms with Crippen LogP contribution in [0.25, 0.3) is 11.1 Å². The average molecular weight is 367 g/mol. The number of hydrogen-bond acceptors (Lipinski definition) is 3. The van der Waals surface area contributed by atoms with Crippen LogP contribution in [0, 0.1) is 5.82 Å². The molecule has 142 valence electrons. The van der Waals surface area contributed by atoms with E-state index in [1.165, 1.54) is 12.1 Å². The lowest BCUT2D eigenvalue weighted by Crippen LogP contribution is -2.35. The second kappa shape index (κ2) is 7.64. The number of benzene rings is 1. The van der Waals surface area contributed by atoms with Crippen LogP contribution in [-0.2, 0) is 6.54 Å². The molecule has 4 rings (SSSR count). The number of imidazole rings is 1. The highest BCUT2D eigenvalue weighted by Crippen LogP contribution is 2.33. The first-order chi connectivity index (χ1) is 13.1. The van der Waals surface area contributed by atoms with E-state index in [1.54, 1.807) is 0 Å². The Labute approximate surface area is 159 Å². The summed E-state index contributed by atoms with van der Waals surface area (Å²) < 4.78 is 15.5. The maximum atomic E-state index is 13.3. The van der Waals surface area contributed by atoms with Gasteiger partial charge in [0.15, 0.2) is 0 Å². The summed E-state index contributed by atoms with van der Waals surface area (Å²) in [6, 6.07) is 7.07. The first-order valence-electron chi connectivity index (χ1n) is 9.65. The molecule has 0 spiro atoms. The van der Waals surface area contributed by atoms with Gasteiger partial charge in [-0.3, -0.25) is 10.00 Å². The number of aromatic nitrogens is 4. The van der Waals surface area contributed by atoms with Gasteiger partial charge in [-0.05, 0) is 50.9 Å². The van der Waals surface area contributed by atoms with Gasteiger partial charge in [-0.15, -0.1) is 0 Å². The minimum Gasteiger partial charge on any atom is -0.331 e. The van der Waals surface area contributed by atoms with Crippen molar-refractivity contribution in [3.63, 3.8) is 0 Å². The number of halogens is 1. The van der Waals surface area contributed by atoms with Gasteiger partial charge in [0.05, 0.1) is 12.7 Å². The third-order valence-corrected chi connectivity index (χ3v) is 5.41. The van der Waals surface area contributed by atoms with Crippen LogP contribution in [0.1, 0.15) is 50.2 Å². The first-order valence-corrected chi connectivity index (χ1v) is 9.65. The number of likely N-dealkylation sites (tertiary alicyclic amines) is 1. The van der Waals surface area contributed by atoms with Crippen LogP contribution in [0.4, 0.5) is 4.39 Å². The zero-order chi connectivity index (χ0) is 18.8. The number of aromatic amines is 1. The van der Waals surface area contributed by atoms with Gasteiger partial charge in [-0.1, -0.05) is 12.1 Å². The Kier molecular flexibility index (Phi) is 5.07. The maximum Gasteiger partial charge on any atom is 0.123 e. The number of hydrogen-bond donors (Lipinski definition) is 1. The van der Waals surface area contributed by atoms with Crippen molar-refractivity contribution in [2.24, 2.45) is 0 Å². The summed E-state index contributed by atoms with van der Waals surface area (Å²) in [7, 11) is 0. The van der Waals surface area contributed by atoms with Gasteiger partial charge in [0, 0.05) is 42.2 Å². The van der Waals surface area contributed by atoms with Crippen LogP contribution < -0.4 is 0 Å². The number of nitrogens with zero attached hydrogens (tertiary/aromatic N) is 4. The van der Waals surface area contributed by atoms with Crippen LogP contribution in [-0.4, -0.2) is 37.7 Å². The second-order valence-electron chi connectivity index (χ2n) is 7.62. The van der Waals surface area contributed by atoms with Gasteiger partial charge in [0.2, 0.25) is 0 Å². The Morgan fingerprint density at radius 3 is 2.85 bits per heavy atom. The topological polar surface area (TPSA) is 49.7 Å². The molecule has 1 N–H and O–H groups in total. The normalized spacial score (nSPS) is 18.3. The van der Waals surface area contributed by atoms with E-state index in [4.69, 9.17) is 0 Å². The molecule has 2 aromatic heterocycles. The van der Waals surface area contributed by atoms with E-state index in [1.807, 2.05) is 24.5 Å². The van der Waals surface area contributed by atoms with Crippen molar-refractivity contribution in [2.75, 3.05) is 13.1 Å². The van der Waals surface area contributed by atoms with Crippen LogP contribution in [0.15, 0.2) is 42.9 Å². The molecule has 3 aromatic rings. The Morgan fingerprint density at radius 2 is 2.07 bits per heavy atom. The SMILES string of the molecule is CC(C)n1ccnc1CN1CCC[C@@H](c2[nH]ncc2-c2ccc(F)cc2)C1. The van der Waals surface area contributed by atoms with E-state index in [2.05, 4.69) is 44.7 Å². The summed E-state index contributed by atoms with van der Waals surface area (Å²) in [4.78, 5) is 7.04. The molecule has 6 heteroatoms. The highest BCUT2D eigenvalue weighted by atomic mass is 19.1. The summed E-state index contributed by atoms with van der Waals surface area (Å²) in [5.41, 5.74) is 3.23. The average Bonchev–Trinajstić information content (AvgIpc) is 3.32. The highest BCUT2D eigenvalue weighted by Gasteiger charge is 2.26. The largest absolute Gasteiger partial charge is 0.331 e. The lowest BCUT2D eigenvalue weighted by atomic mass is 9.90. The molecule has 1 aliphatic heterocycles. The lowest BCUT2D eigenvalue weighted by Gasteiger charge is -2.32. The molecule has 0 radical (unpaired) electrons. The fourth-order valence-corrected chi connectivity index (χ4v) is 4.04. The van der Waals surface area contributed by atoms with Crippen molar-refractivity contribution < 1.29 is 4.39 Å². The van der Waals surface area contributed by atoms with Gasteiger partial charge in [0.25, 0.3) is 0 Å². The fraction of sp³-hybridized carbons (Fsp3) is 0.429. The molecular formula is C21H26FN5. The monoisotopic (exact) mass is 367 g/mol. The van der Waals surface area contributed by atoms with Crippen molar-refractivity contribution in [1.82, 2.24) is 24.6 Å². The molecular weight excluding hydrogens is 341 g/mol. The number of H-pyrrole nitrogens is 1. The second-order valence-corrected chi connectivity index (χ2v) is 7.62. The third-order valence-electron chi connectivity index (χ3n) is 5.41. The van der Waals surface area contributed by atoms with Gasteiger partial charge in [0.1, 0.15) is 11.6 Å². The van der Waals surface area contributed by atoms with Crippen molar-refractivity contribution >= 4 is 0 Å². The highest BCUT2D eigenvalue weighted by molar-refractivity contribution is 5.65. The van der Waals surface area contributed by atoms with Crippen molar-refractivity contribution in [3.05, 3.63) is 60.2 Å². The maximum absolute atomic E-state index is 13.3. The zero-order valence-electron chi connectivity index (χ0n) is 15.9. The van der Waals surface area contributed by atoms with Crippen LogP contribution >= 0.6 is 0 Å². The molecule has 27 heavy (non-hydrogen) atoms. The predicted molar refractivity (Wildman–Crippen MR) is 104 cm³/mol. The zero-order valence-corrected chi connectivity index (χ0v) is 15.9.